The average molecular weight is 277 g/mol. The molecule has 0 saturated carbocycles. The van der Waals surface area contributed by atoms with Crippen molar-refractivity contribution >= 4 is 11.6 Å². The second-order valence-electron chi connectivity index (χ2n) is 4.76. The number of hydrogen-bond acceptors (Lipinski definition) is 2. The molecule has 2 aromatic rings. The van der Waals surface area contributed by atoms with Gasteiger partial charge in [0.05, 0.1) is 7.11 Å². The standard InChI is InChI=1S/C16H17ClO2/c1-11-9-14(19-3)7-8-15(11)16(2,18)12-5-4-6-13(17)10-12/h4-10,18H,1-3H3. The predicted molar refractivity (Wildman–Crippen MR) is 77.9 cm³/mol. The summed E-state index contributed by atoms with van der Waals surface area (Å²) in [6.45, 7) is 3.73. The van der Waals surface area contributed by atoms with Crippen molar-refractivity contribution < 1.29 is 9.84 Å². The van der Waals surface area contributed by atoms with Crippen LogP contribution in [0, 0.1) is 6.92 Å². The summed E-state index contributed by atoms with van der Waals surface area (Å²) in [5.41, 5.74) is 1.51. The molecule has 100 valence electrons. The van der Waals surface area contributed by atoms with Gasteiger partial charge >= 0.3 is 0 Å². The van der Waals surface area contributed by atoms with Gasteiger partial charge in [-0.15, -0.1) is 0 Å². The highest BCUT2D eigenvalue weighted by atomic mass is 35.5. The molecule has 19 heavy (non-hydrogen) atoms. The Balaban J connectivity index is 2.50. The van der Waals surface area contributed by atoms with Crippen molar-refractivity contribution in [1.29, 1.82) is 0 Å². The highest BCUT2D eigenvalue weighted by Crippen LogP contribution is 2.33. The minimum Gasteiger partial charge on any atom is -0.497 e. The van der Waals surface area contributed by atoms with Crippen LogP contribution in [-0.4, -0.2) is 12.2 Å². The van der Waals surface area contributed by atoms with Crippen LogP contribution in [-0.2, 0) is 5.60 Å². The number of halogens is 1. The maximum atomic E-state index is 10.8. The fourth-order valence-electron chi connectivity index (χ4n) is 2.26. The van der Waals surface area contributed by atoms with Crippen LogP contribution in [0.25, 0.3) is 0 Å². The van der Waals surface area contributed by atoms with Crippen molar-refractivity contribution in [2.24, 2.45) is 0 Å². The first-order chi connectivity index (χ1) is 8.95. The molecule has 0 spiro atoms. The third kappa shape index (κ3) is 2.75. The van der Waals surface area contributed by atoms with Crippen LogP contribution < -0.4 is 4.74 Å². The summed E-state index contributed by atoms with van der Waals surface area (Å²) < 4.78 is 5.18. The Hall–Kier alpha value is -1.51. The second kappa shape index (κ2) is 5.24. The van der Waals surface area contributed by atoms with Crippen LogP contribution in [0.1, 0.15) is 23.6 Å². The fourth-order valence-corrected chi connectivity index (χ4v) is 2.45. The van der Waals surface area contributed by atoms with E-state index in [0.29, 0.717) is 5.02 Å². The second-order valence-corrected chi connectivity index (χ2v) is 5.20. The van der Waals surface area contributed by atoms with Crippen LogP contribution in [0.4, 0.5) is 0 Å². The summed E-state index contributed by atoms with van der Waals surface area (Å²) in [6, 6.07) is 12.9. The van der Waals surface area contributed by atoms with E-state index in [4.69, 9.17) is 16.3 Å². The molecule has 0 bridgehead atoms. The molecule has 0 heterocycles. The Labute approximate surface area is 118 Å². The number of ether oxygens (including phenoxy) is 1. The van der Waals surface area contributed by atoms with Gasteiger partial charge in [0.15, 0.2) is 0 Å². The van der Waals surface area contributed by atoms with Gasteiger partial charge in [-0.3, -0.25) is 0 Å². The van der Waals surface area contributed by atoms with Gasteiger partial charge in [0.1, 0.15) is 11.4 Å². The topological polar surface area (TPSA) is 29.5 Å². The van der Waals surface area contributed by atoms with Crippen molar-refractivity contribution in [2.45, 2.75) is 19.4 Å². The lowest BCUT2D eigenvalue weighted by Crippen LogP contribution is -2.23. The molecule has 0 saturated heterocycles. The van der Waals surface area contributed by atoms with Gasteiger partial charge in [0, 0.05) is 5.02 Å². The Kier molecular flexibility index (Phi) is 3.83. The Morgan fingerprint density at radius 3 is 2.47 bits per heavy atom. The molecular formula is C16H17ClO2. The molecule has 1 unspecified atom stereocenters. The van der Waals surface area contributed by atoms with E-state index in [0.717, 1.165) is 22.4 Å². The average Bonchev–Trinajstić information content (AvgIpc) is 2.38. The number of aryl methyl sites for hydroxylation is 1. The van der Waals surface area contributed by atoms with Crippen LogP contribution in [0.2, 0.25) is 5.02 Å². The van der Waals surface area contributed by atoms with Crippen molar-refractivity contribution in [3.63, 3.8) is 0 Å². The van der Waals surface area contributed by atoms with E-state index in [1.54, 1.807) is 26.2 Å². The summed E-state index contributed by atoms with van der Waals surface area (Å²) in [7, 11) is 1.63. The van der Waals surface area contributed by atoms with Gasteiger partial charge in [-0.2, -0.15) is 0 Å². The van der Waals surface area contributed by atoms with Gasteiger partial charge in [-0.1, -0.05) is 29.8 Å². The van der Waals surface area contributed by atoms with Crippen molar-refractivity contribution in [3.8, 4) is 5.75 Å². The number of hydrogen-bond donors (Lipinski definition) is 1. The highest BCUT2D eigenvalue weighted by molar-refractivity contribution is 6.30. The van der Waals surface area contributed by atoms with Gasteiger partial charge in [0.25, 0.3) is 0 Å². The Morgan fingerprint density at radius 2 is 1.89 bits per heavy atom. The van der Waals surface area contributed by atoms with Crippen molar-refractivity contribution in [2.75, 3.05) is 7.11 Å². The minimum atomic E-state index is -1.08. The monoisotopic (exact) mass is 276 g/mol. The van der Waals surface area contributed by atoms with Crippen LogP contribution in [0.3, 0.4) is 0 Å². The van der Waals surface area contributed by atoms with Gasteiger partial charge in [-0.25, -0.2) is 0 Å². The lowest BCUT2D eigenvalue weighted by molar-refractivity contribution is 0.101. The lowest BCUT2D eigenvalue weighted by Gasteiger charge is -2.26. The maximum Gasteiger partial charge on any atom is 0.119 e. The van der Waals surface area contributed by atoms with E-state index in [1.807, 2.05) is 37.3 Å². The van der Waals surface area contributed by atoms with Crippen molar-refractivity contribution in [1.82, 2.24) is 0 Å². The summed E-state index contributed by atoms with van der Waals surface area (Å²) in [5.74, 6) is 0.781. The predicted octanol–water partition coefficient (Wildman–Crippen LogP) is 3.91. The van der Waals surface area contributed by atoms with Crippen molar-refractivity contribution in [3.05, 3.63) is 64.2 Å². The zero-order valence-corrected chi connectivity index (χ0v) is 12.0. The lowest BCUT2D eigenvalue weighted by atomic mass is 9.85. The Morgan fingerprint density at radius 1 is 1.16 bits per heavy atom. The van der Waals surface area contributed by atoms with Gasteiger partial charge in [0.2, 0.25) is 0 Å². The Bertz CT molecular complexity index is 591. The molecule has 2 aromatic carbocycles. The number of methoxy groups -OCH3 is 1. The van der Waals surface area contributed by atoms with E-state index in [9.17, 15) is 5.11 Å². The normalized spacial score (nSPS) is 13.9. The maximum absolute atomic E-state index is 10.8. The quantitative estimate of drug-likeness (QED) is 0.921. The molecule has 0 fully saturated rings. The van der Waals surface area contributed by atoms with E-state index < -0.39 is 5.60 Å². The first kappa shape index (κ1) is 13.9. The first-order valence-corrected chi connectivity index (χ1v) is 6.46. The number of benzene rings is 2. The third-order valence-electron chi connectivity index (χ3n) is 3.34. The van der Waals surface area contributed by atoms with Gasteiger partial charge in [-0.05, 0) is 54.8 Å². The molecule has 1 N–H and O–H groups in total. The molecule has 0 aliphatic heterocycles. The highest BCUT2D eigenvalue weighted by Gasteiger charge is 2.27. The molecule has 1 atom stereocenters. The molecular weight excluding hydrogens is 260 g/mol. The van der Waals surface area contributed by atoms with E-state index in [1.165, 1.54) is 0 Å². The molecule has 0 radical (unpaired) electrons. The summed E-state index contributed by atoms with van der Waals surface area (Å²) in [5, 5.41) is 11.4. The molecule has 0 aliphatic carbocycles. The molecule has 2 nitrogen and oxygen atoms in total. The summed E-state index contributed by atoms with van der Waals surface area (Å²) in [6.07, 6.45) is 0. The fraction of sp³-hybridized carbons (Fsp3) is 0.250. The largest absolute Gasteiger partial charge is 0.497 e. The summed E-state index contributed by atoms with van der Waals surface area (Å²) in [4.78, 5) is 0. The molecule has 0 amide bonds. The third-order valence-corrected chi connectivity index (χ3v) is 3.58. The number of rotatable bonds is 3. The molecule has 0 aromatic heterocycles. The van der Waals surface area contributed by atoms with Crippen LogP contribution in [0.15, 0.2) is 42.5 Å². The SMILES string of the molecule is COc1ccc(C(C)(O)c2cccc(Cl)c2)c(C)c1. The summed E-state index contributed by atoms with van der Waals surface area (Å²) >= 11 is 5.99. The van der Waals surface area contributed by atoms with E-state index >= 15 is 0 Å². The molecule has 3 heteroatoms. The molecule has 2 rings (SSSR count). The first-order valence-electron chi connectivity index (χ1n) is 6.08. The van der Waals surface area contributed by atoms with E-state index in [2.05, 4.69) is 0 Å². The number of aliphatic hydroxyl groups is 1. The van der Waals surface area contributed by atoms with E-state index in [-0.39, 0.29) is 0 Å². The van der Waals surface area contributed by atoms with Gasteiger partial charge < -0.3 is 9.84 Å². The smallest absolute Gasteiger partial charge is 0.119 e. The molecule has 0 aliphatic rings. The van der Waals surface area contributed by atoms with Crippen LogP contribution in [0.5, 0.6) is 5.75 Å². The zero-order chi connectivity index (χ0) is 14.0. The minimum absolute atomic E-state index is 0.615. The zero-order valence-electron chi connectivity index (χ0n) is 11.3. The van der Waals surface area contributed by atoms with Crippen LogP contribution >= 0.6 is 11.6 Å².